The van der Waals surface area contributed by atoms with Gasteiger partial charge in [0.25, 0.3) is 0 Å². The Labute approximate surface area is 141 Å². The normalized spacial score (nSPS) is 10.5. The van der Waals surface area contributed by atoms with E-state index >= 15 is 0 Å². The van der Waals surface area contributed by atoms with Gasteiger partial charge in [-0.25, -0.2) is 9.97 Å². The van der Waals surface area contributed by atoms with Crippen LogP contribution in [0.25, 0.3) is 11.6 Å². The second kappa shape index (κ2) is 7.05. The molecule has 3 rings (SSSR count). The minimum absolute atomic E-state index is 0.0256. The van der Waals surface area contributed by atoms with E-state index < -0.39 is 0 Å². The van der Waals surface area contributed by atoms with Crippen LogP contribution < -0.4 is 5.32 Å². The Morgan fingerprint density at radius 2 is 2.04 bits per heavy atom. The SMILES string of the molecule is O=C(Cc1ccc(O)c(Cl)c1)NCc1nc(-c2ncccn2)no1. The van der Waals surface area contributed by atoms with Gasteiger partial charge in [-0.2, -0.15) is 4.98 Å². The third-order valence-corrected chi connectivity index (χ3v) is 3.35. The first-order valence-electron chi connectivity index (χ1n) is 6.96. The minimum Gasteiger partial charge on any atom is -0.506 e. The van der Waals surface area contributed by atoms with Gasteiger partial charge >= 0.3 is 0 Å². The number of aromatic nitrogens is 4. The molecule has 0 radical (unpaired) electrons. The summed E-state index contributed by atoms with van der Waals surface area (Å²) in [6.45, 7) is 0.0878. The molecular weight excluding hydrogens is 334 g/mol. The van der Waals surface area contributed by atoms with E-state index in [1.165, 1.54) is 12.1 Å². The third-order valence-electron chi connectivity index (χ3n) is 3.05. The highest BCUT2D eigenvalue weighted by atomic mass is 35.5. The Hall–Kier alpha value is -3.00. The highest BCUT2D eigenvalue weighted by Gasteiger charge is 2.12. The highest BCUT2D eigenvalue weighted by Crippen LogP contribution is 2.23. The molecule has 2 N–H and O–H groups in total. The van der Waals surface area contributed by atoms with Crippen molar-refractivity contribution in [3.8, 4) is 17.4 Å². The molecule has 24 heavy (non-hydrogen) atoms. The number of nitrogens with zero attached hydrogens (tertiary/aromatic N) is 4. The first-order chi connectivity index (χ1) is 11.6. The molecule has 3 aromatic rings. The zero-order chi connectivity index (χ0) is 16.9. The number of amides is 1. The standard InChI is InChI=1S/C15H12ClN5O3/c16-10-6-9(2-3-11(10)22)7-12(23)19-8-13-20-15(21-24-13)14-17-4-1-5-18-14/h1-6,22H,7-8H2,(H,19,23). The van der Waals surface area contributed by atoms with Crippen molar-refractivity contribution in [2.75, 3.05) is 0 Å². The van der Waals surface area contributed by atoms with E-state index in [1.54, 1.807) is 24.5 Å². The van der Waals surface area contributed by atoms with Gasteiger partial charge in [0.1, 0.15) is 5.75 Å². The van der Waals surface area contributed by atoms with Gasteiger partial charge in [-0.15, -0.1) is 0 Å². The maximum atomic E-state index is 11.9. The lowest BCUT2D eigenvalue weighted by Gasteiger charge is -2.04. The zero-order valence-electron chi connectivity index (χ0n) is 12.3. The van der Waals surface area contributed by atoms with Gasteiger partial charge in [0, 0.05) is 12.4 Å². The topological polar surface area (TPSA) is 114 Å². The summed E-state index contributed by atoms with van der Waals surface area (Å²) in [4.78, 5) is 24.1. The Bertz CT molecular complexity index is 853. The van der Waals surface area contributed by atoms with E-state index in [1.807, 2.05) is 0 Å². The molecule has 1 aromatic carbocycles. The molecule has 0 saturated heterocycles. The highest BCUT2D eigenvalue weighted by molar-refractivity contribution is 6.32. The largest absolute Gasteiger partial charge is 0.506 e. The Morgan fingerprint density at radius 3 is 2.79 bits per heavy atom. The maximum Gasteiger partial charge on any atom is 0.246 e. The fourth-order valence-electron chi connectivity index (χ4n) is 1.91. The first kappa shape index (κ1) is 15.9. The number of phenols is 1. The lowest BCUT2D eigenvalue weighted by molar-refractivity contribution is -0.120. The summed E-state index contributed by atoms with van der Waals surface area (Å²) in [6.07, 6.45) is 3.26. The average Bonchev–Trinajstić information content (AvgIpc) is 3.06. The van der Waals surface area contributed by atoms with Crippen LogP contribution in [0, 0.1) is 0 Å². The van der Waals surface area contributed by atoms with Gasteiger partial charge in [-0.05, 0) is 23.8 Å². The van der Waals surface area contributed by atoms with Crippen molar-refractivity contribution in [3.63, 3.8) is 0 Å². The Kier molecular flexibility index (Phi) is 4.66. The van der Waals surface area contributed by atoms with Gasteiger partial charge in [-0.3, -0.25) is 4.79 Å². The zero-order valence-corrected chi connectivity index (χ0v) is 13.1. The van der Waals surface area contributed by atoms with E-state index in [0.29, 0.717) is 11.4 Å². The number of carbonyl (C=O) groups excluding carboxylic acids is 1. The number of benzene rings is 1. The Morgan fingerprint density at radius 1 is 1.25 bits per heavy atom. The van der Waals surface area contributed by atoms with Crippen LogP contribution in [0.3, 0.4) is 0 Å². The van der Waals surface area contributed by atoms with Crippen molar-refractivity contribution in [2.45, 2.75) is 13.0 Å². The van der Waals surface area contributed by atoms with E-state index in [-0.39, 0.29) is 41.4 Å². The minimum atomic E-state index is -0.243. The molecule has 2 heterocycles. The monoisotopic (exact) mass is 345 g/mol. The lowest BCUT2D eigenvalue weighted by atomic mass is 10.1. The van der Waals surface area contributed by atoms with Gasteiger partial charge in [0.15, 0.2) is 0 Å². The third kappa shape index (κ3) is 3.85. The molecule has 1 amide bonds. The van der Waals surface area contributed by atoms with Crippen molar-refractivity contribution in [2.24, 2.45) is 0 Å². The first-order valence-corrected chi connectivity index (χ1v) is 7.33. The van der Waals surface area contributed by atoms with Crippen molar-refractivity contribution in [1.82, 2.24) is 25.4 Å². The molecule has 122 valence electrons. The average molecular weight is 346 g/mol. The van der Waals surface area contributed by atoms with Crippen molar-refractivity contribution in [1.29, 1.82) is 0 Å². The van der Waals surface area contributed by atoms with Gasteiger partial charge in [0.05, 0.1) is 18.0 Å². The molecule has 0 spiro atoms. The van der Waals surface area contributed by atoms with Crippen molar-refractivity contribution < 1.29 is 14.4 Å². The predicted octanol–water partition coefficient (Wildman–Crippen LogP) is 1.74. The number of aromatic hydroxyl groups is 1. The second-order valence-electron chi connectivity index (χ2n) is 4.82. The number of halogens is 1. The van der Waals surface area contributed by atoms with E-state index in [0.717, 1.165) is 0 Å². The van der Waals surface area contributed by atoms with Crippen molar-refractivity contribution in [3.05, 3.63) is 53.1 Å². The molecule has 0 bridgehead atoms. The van der Waals surface area contributed by atoms with Crippen LogP contribution in [-0.4, -0.2) is 31.1 Å². The summed E-state index contributed by atoms with van der Waals surface area (Å²) in [5.41, 5.74) is 0.680. The molecule has 9 heteroatoms. The quantitative estimate of drug-likeness (QED) is 0.723. The summed E-state index contributed by atoms with van der Waals surface area (Å²) in [5.74, 6) is 0.576. The van der Waals surface area contributed by atoms with Crippen LogP contribution in [-0.2, 0) is 17.8 Å². The number of rotatable bonds is 5. The van der Waals surface area contributed by atoms with Crippen molar-refractivity contribution >= 4 is 17.5 Å². The van der Waals surface area contributed by atoms with Crippen LogP contribution >= 0.6 is 11.6 Å². The number of nitrogens with one attached hydrogen (secondary N) is 1. The number of phenolic OH excluding ortho intramolecular Hbond substituents is 1. The molecule has 0 saturated carbocycles. The van der Waals surface area contributed by atoms with Gasteiger partial charge < -0.3 is 14.9 Å². The molecule has 2 aromatic heterocycles. The molecule has 0 unspecified atom stereocenters. The van der Waals surface area contributed by atoms with Crippen LogP contribution in [0.4, 0.5) is 0 Å². The van der Waals surface area contributed by atoms with E-state index in [4.69, 9.17) is 16.1 Å². The molecular formula is C15H12ClN5O3. The lowest BCUT2D eigenvalue weighted by Crippen LogP contribution is -2.24. The fraction of sp³-hybridized carbons (Fsp3) is 0.133. The number of carbonyl (C=O) groups is 1. The van der Waals surface area contributed by atoms with E-state index in [2.05, 4.69) is 25.4 Å². The molecule has 0 fully saturated rings. The summed E-state index contributed by atoms with van der Waals surface area (Å²) < 4.78 is 5.04. The smallest absolute Gasteiger partial charge is 0.246 e. The molecule has 0 aliphatic carbocycles. The molecule has 0 aliphatic rings. The van der Waals surface area contributed by atoms with E-state index in [9.17, 15) is 9.90 Å². The van der Waals surface area contributed by atoms with Crippen LogP contribution in [0.2, 0.25) is 5.02 Å². The Balaban J connectivity index is 1.56. The predicted molar refractivity (Wildman–Crippen MR) is 84.0 cm³/mol. The second-order valence-corrected chi connectivity index (χ2v) is 5.23. The van der Waals surface area contributed by atoms with Gasteiger partial charge in [-0.1, -0.05) is 22.8 Å². The molecule has 8 nitrogen and oxygen atoms in total. The number of hydrogen-bond donors (Lipinski definition) is 2. The van der Waals surface area contributed by atoms with Crippen LogP contribution in [0.15, 0.2) is 41.2 Å². The fourth-order valence-corrected chi connectivity index (χ4v) is 2.12. The van der Waals surface area contributed by atoms with Crippen LogP contribution in [0.1, 0.15) is 11.5 Å². The van der Waals surface area contributed by atoms with Crippen LogP contribution in [0.5, 0.6) is 5.75 Å². The summed E-state index contributed by atoms with van der Waals surface area (Å²) >= 11 is 5.80. The maximum absolute atomic E-state index is 11.9. The number of hydrogen-bond acceptors (Lipinski definition) is 7. The molecule has 0 atom stereocenters. The summed E-state index contributed by atoms with van der Waals surface area (Å²) in [6, 6.07) is 6.28. The molecule has 0 aliphatic heterocycles. The summed E-state index contributed by atoms with van der Waals surface area (Å²) in [5, 5.41) is 16.0. The van der Waals surface area contributed by atoms with Gasteiger partial charge in [0.2, 0.25) is 23.4 Å². The summed E-state index contributed by atoms with van der Waals surface area (Å²) in [7, 11) is 0.